The molecular weight excluding hydrogens is 816 g/mol. The van der Waals surface area contributed by atoms with Crippen molar-refractivity contribution < 1.29 is 18.4 Å². The lowest BCUT2D eigenvalue weighted by Crippen LogP contribution is -2.10. The molecule has 0 amide bonds. The van der Waals surface area contributed by atoms with Crippen LogP contribution >= 0.6 is 11.6 Å². The van der Waals surface area contributed by atoms with Gasteiger partial charge in [0.1, 0.15) is 35.4 Å². The summed E-state index contributed by atoms with van der Waals surface area (Å²) in [6.45, 7) is 0. The predicted molar refractivity (Wildman–Crippen MR) is 239 cm³/mol. The normalized spacial score (nSPS) is 21.7. The first kappa shape index (κ1) is 43.0. The quantitative estimate of drug-likeness (QED) is 0.147. The number of carbonyl (C=O) groups is 2. The molecule has 4 heterocycles. The molecule has 0 spiro atoms. The van der Waals surface area contributed by atoms with E-state index in [0.717, 1.165) is 77.2 Å². The summed E-state index contributed by atoms with van der Waals surface area (Å²) in [6, 6.07) is 24.1. The Labute approximate surface area is 369 Å². The van der Waals surface area contributed by atoms with Crippen molar-refractivity contribution in [2.75, 3.05) is 5.73 Å². The summed E-state index contributed by atoms with van der Waals surface area (Å²) < 4.78 is 27.4. The average molecular weight is 860 g/mol. The molecule has 4 aliphatic rings. The van der Waals surface area contributed by atoms with Crippen molar-refractivity contribution in [3.05, 3.63) is 149 Å². The number of nitrogens with two attached hydrogens (primary N) is 1. The van der Waals surface area contributed by atoms with Gasteiger partial charge in [-0.1, -0.05) is 12.2 Å². The fourth-order valence-corrected chi connectivity index (χ4v) is 10.3. The number of allylic oxidation sites excluding steroid dienone is 4. The summed E-state index contributed by atoms with van der Waals surface area (Å²) in [5, 5.41) is 18.7. The standard InChI is InChI=1S/C26H22FN3O.C19H17ClFNO.C6H5N3/c27-21-2-4-26-25(12-21)24(5-6-29-26)20-10-18-7-17(8-19(18)11-20)9-23(31)13-22-3-1-16(14-28)15-30-22;20-19(23)7-11-5-12-8-14(9-13(12)6-11)16-3-4-22-18-2-1-15(21)10-17(16)18;7-3-5-1-2-6(8)9-4-5/h1-6,10,12,15,17-19H,7-9,11,13H2;1-4,8,10-13H,5-7,9H2;1-2,4H,(H2,8,9)/t17-,18-,19+;11-,12-,13+;/m00./s1. The Bertz CT molecular complexity index is 2830. The largest absolute Gasteiger partial charge is 0.384 e. The Morgan fingerprint density at radius 1 is 0.667 bits per heavy atom. The van der Waals surface area contributed by atoms with E-state index in [2.05, 4.69) is 32.1 Å². The number of anilines is 1. The van der Waals surface area contributed by atoms with E-state index in [-0.39, 0.29) is 22.7 Å². The van der Waals surface area contributed by atoms with Crippen molar-refractivity contribution in [1.29, 1.82) is 10.5 Å². The molecule has 4 aromatic heterocycles. The summed E-state index contributed by atoms with van der Waals surface area (Å²) in [5.74, 6) is 3.14. The van der Waals surface area contributed by atoms with Crippen LogP contribution in [0.25, 0.3) is 33.0 Å². The van der Waals surface area contributed by atoms with Gasteiger partial charge in [0, 0.05) is 60.5 Å². The zero-order valence-corrected chi connectivity index (χ0v) is 35.2. The maximum atomic E-state index is 13.8. The average Bonchev–Trinajstić information content (AvgIpc) is 4.05. The molecule has 2 N–H and O–H groups in total. The molecule has 0 unspecified atom stereocenters. The second-order valence-corrected chi connectivity index (χ2v) is 17.5. The number of pyridine rings is 4. The molecule has 4 aliphatic carbocycles. The number of carbonyl (C=O) groups excluding carboxylic acids is 2. The molecule has 0 saturated heterocycles. The number of fused-ring (bicyclic) bond motifs is 4. The van der Waals surface area contributed by atoms with E-state index >= 15 is 0 Å². The lowest BCUT2D eigenvalue weighted by molar-refractivity contribution is -0.119. The Morgan fingerprint density at radius 2 is 1.19 bits per heavy atom. The van der Waals surface area contributed by atoms with Gasteiger partial charge < -0.3 is 5.73 Å². The molecule has 6 aromatic rings. The SMILES string of the molecule is N#Cc1ccc(CC(=O)C[C@@H]2C[C@@H]3CC(c4ccnc5ccc(F)cc45)=C[C@@H]3C2)nc1.N#Cc1ccc(N)nc1.O=C(Cl)C[C@@H]1C[C@@H]2CC(c3ccnc4ccc(F)cc34)=C[C@@H]2C1. The Morgan fingerprint density at radius 3 is 1.65 bits per heavy atom. The Hall–Kier alpha value is -6.69. The Kier molecular flexibility index (Phi) is 13.1. The van der Waals surface area contributed by atoms with E-state index in [1.807, 2.05) is 24.3 Å². The highest BCUT2D eigenvalue weighted by atomic mass is 35.5. The van der Waals surface area contributed by atoms with Crippen LogP contribution < -0.4 is 5.73 Å². The van der Waals surface area contributed by atoms with Crippen molar-refractivity contribution in [3.8, 4) is 12.1 Å². The van der Waals surface area contributed by atoms with Gasteiger partial charge in [-0.15, -0.1) is 0 Å². The van der Waals surface area contributed by atoms with Crippen LogP contribution in [0.1, 0.15) is 79.3 Å². The number of Topliss-reactive ketones (excluding diaryl/α,β-unsaturated/α-hetero) is 1. The minimum absolute atomic E-state index is 0.210. The van der Waals surface area contributed by atoms with Crippen molar-refractivity contribution >= 4 is 61.4 Å². The zero-order valence-electron chi connectivity index (χ0n) is 34.4. The van der Waals surface area contributed by atoms with E-state index < -0.39 is 0 Å². The van der Waals surface area contributed by atoms with Crippen LogP contribution in [0, 0.1) is 69.8 Å². The number of nitrogen functional groups attached to an aromatic ring is 1. The summed E-state index contributed by atoms with van der Waals surface area (Å²) in [5.41, 5.74) is 13.4. The molecule has 9 nitrogen and oxygen atoms in total. The topological polar surface area (TPSA) is 159 Å². The van der Waals surface area contributed by atoms with Gasteiger partial charge in [0.25, 0.3) is 0 Å². The van der Waals surface area contributed by atoms with E-state index in [4.69, 9.17) is 27.9 Å². The highest BCUT2D eigenvalue weighted by molar-refractivity contribution is 6.63. The van der Waals surface area contributed by atoms with Crippen LogP contribution in [0.4, 0.5) is 14.6 Å². The minimum Gasteiger partial charge on any atom is -0.384 e. The number of nitrogens with zero attached hydrogens (tertiary/aromatic N) is 6. The van der Waals surface area contributed by atoms with Gasteiger partial charge in [-0.25, -0.2) is 13.8 Å². The van der Waals surface area contributed by atoms with E-state index in [9.17, 15) is 18.4 Å². The molecule has 0 aliphatic heterocycles. The van der Waals surface area contributed by atoms with Crippen LogP contribution in [0.5, 0.6) is 0 Å². The number of rotatable bonds is 8. The lowest BCUT2D eigenvalue weighted by Gasteiger charge is -2.12. The van der Waals surface area contributed by atoms with Crippen molar-refractivity contribution in [1.82, 2.24) is 19.9 Å². The molecule has 2 saturated carbocycles. The summed E-state index contributed by atoms with van der Waals surface area (Å²) in [7, 11) is 0. The van der Waals surface area contributed by atoms with E-state index in [1.54, 1.807) is 60.9 Å². The smallest absolute Gasteiger partial charge is 0.221 e. The predicted octanol–water partition coefficient (Wildman–Crippen LogP) is 10.8. The fraction of sp³-hybridized carbons (Fsp3) is 0.294. The summed E-state index contributed by atoms with van der Waals surface area (Å²) >= 11 is 5.52. The number of hydrogen-bond donors (Lipinski definition) is 1. The van der Waals surface area contributed by atoms with Crippen LogP contribution in [0.2, 0.25) is 0 Å². The number of benzene rings is 2. The van der Waals surface area contributed by atoms with Crippen LogP contribution in [0.3, 0.4) is 0 Å². The number of nitriles is 2. The summed E-state index contributed by atoms with van der Waals surface area (Å²) in [4.78, 5) is 40.2. The number of halogens is 3. The van der Waals surface area contributed by atoms with Gasteiger partial charge in [0.2, 0.25) is 5.24 Å². The van der Waals surface area contributed by atoms with Gasteiger partial charge in [-0.2, -0.15) is 10.5 Å². The molecule has 6 atom stereocenters. The molecular formula is C51H44ClF2N7O2. The zero-order chi connectivity index (χ0) is 44.0. The molecule has 0 radical (unpaired) electrons. The van der Waals surface area contributed by atoms with Crippen molar-refractivity contribution in [2.24, 2.45) is 35.5 Å². The molecule has 0 bridgehead atoms. The van der Waals surface area contributed by atoms with Crippen LogP contribution in [0.15, 0.2) is 110 Å². The monoisotopic (exact) mass is 859 g/mol. The molecule has 10 rings (SSSR count). The first-order valence-corrected chi connectivity index (χ1v) is 21.6. The van der Waals surface area contributed by atoms with Crippen LogP contribution in [-0.4, -0.2) is 31.0 Å². The van der Waals surface area contributed by atoms with Gasteiger partial charge in [0.05, 0.1) is 22.2 Å². The highest BCUT2D eigenvalue weighted by Gasteiger charge is 2.39. The third-order valence-corrected chi connectivity index (χ3v) is 13.0. The first-order valence-electron chi connectivity index (χ1n) is 21.2. The van der Waals surface area contributed by atoms with Crippen LogP contribution in [-0.2, 0) is 16.0 Å². The Balaban J connectivity index is 0.000000149. The highest BCUT2D eigenvalue weighted by Crippen LogP contribution is 2.51. The molecule has 63 heavy (non-hydrogen) atoms. The molecule has 2 aromatic carbocycles. The van der Waals surface area contributed by atoms with Gasteiger partial charge >= 0.3 is 0 Å². The van der Waals surface area contributed by atoms with Gasteiger partial charge in [0.15, 0.2) is 0 Å². The molecule has 2 fully saturated rings. The number of ketones is 1. The molecule has 12 heteroatoms. The van der Waals surface area contributed by atoms with Crippen molar-refractivity contribution in [2.45, 2.75) is 57.8 Å². The third kappa shape index (κ3) is 10.3. The minimum atomic E-state index is -0.240. The number of hydrogen-bond acceptors (Lipinski definition) is 9. The maximum absolute atomic E-state index is 13.8. The first-order chi connectivity index (χ1) is 30.5. The van der Waals surface area contributed by atoms with Crippen molar-refractivity contribution in [3.63, 3.8) is 0 Å². The lowest BCUT2D eigenvalue weighted by atomic mass is 9.93. The summed E-state index contributed by atoms with van der Waals surface area (Å²) in [6.07, 6.45) is 18.7. The maximum Gasteiger partial charge on any atom is 0.221 e. The van der Waals surface area contributed by atoms with E-state index in [0.29, 0.717) is 71.7 Å². The second kappa shape index (κ2) is 19.1. The van der Waals surface area contributed by atoms with Gasteiger partial charge in [-0.05, 0) is 181 Å². The van der Waals surface area contributed by atoms with Gasteiger partial charge in [-0.3, -0.25) is 24.5 Å². The third-order valence-electron chi connectivity index (χ3n) is 12.8. The van der Waals surface area contributed by atoms with E-state index in [1.165, 1.54) is 35.7 Å². The fourth-order valence-electron chi connectivity index (χ4n) is 10.1. The molecule has 316 valence electrons. The second-order valence-electron chi connectivity index (χ2n) is 17.1. The number of aromatic nitrogens is 4.